The average Bonchev–Trinajstić information content (AvgIpc) is 3.29. The summed E-state index contributed by atoms with van der Waals surface area (Å²) in [4.78, 5) is 28.8. The molecule has 0 radical (unpaired) electrons. The number of carbonyl (C=O) groups is 2. The second-order valence-electron chi connectivity index (χ2n) is 6.79. The van der Waals surface area contributed by atoms with E-state index in [2.05, 4.69) is 4.90 Å². The summed E-state index contributed by atoms with van der Waals surface area (Å²) in [5, 5.41) is -0.161. The molecule has 0 bridgehead atoms. The van der Waals surface area contributed by atoms with Crippen molar-refractivity contribution in [2.75, 3.05) is 18.0 Å². The molecule has 2 aromatic rings. The van der Waals surface area contributed by atoms with Crippen molar-refractivity contribution < 1.29 is 14.0 Å². The normalized spacial score (nSPS) is 18.6. The van der Waals surface area contributed by atoms with Crippen molar-refractivity contribution in [2.24, 2.45) is 0 Å². The second kappa shape index (κ2) is 7.97. The van der Waals surface area contributed by atoms with E-state index in [9.17, 15) is 14.0 Å². The quantitative estimate of drug-likeness (QED) is 0.633. The number of thioether (sulfide) groups is 1. The SMILES string of the molecule is O=C1S/C(=C\c2ccc(N3CCCC3)cc2)C(=O)N1Cc1ccc(F)cc1Cl. The minimum Gasteiger partial charge on any atom is -0.372 e. The van der Waals surface area contributed by atoms with Crippen molar-refractivity contribution in [2.45, 2.75) is 19.4 Å². The van der Waals surface area contributed by atoms with E-state index in [1.165, 1.54) is 36.7 Å². The van der Waals surface area contributed by atoms with Crippen molar-refractivity contribution in [1.29, 1.82) is 0 Å². The Labute approximate surface area is 172 Å². The van der Waals surface area contributed by atoms with Gasteiger partial charge in [-0.15, -0.1) is 0 Å². The highest BCUT2D eigenvalue weighted by Gasteiger charge is 2.35. The molecule has 0 unspecified atom stereocenters. The first-order valence-corrected chi connectivity index (χ1v) is 10.2. The molecule has 0 N–H and O–H groups in total. The van der Waals surface area contributed by atoms with E-state index in [0.29, 0.717) is 10.5 Å². The van der Waals surface area contributed by atoms with Gasteiger partial charge in [0.05, 0.1) is 11.4 Å². The number of hydrogen-bond acceptors (Lipinski definition) is 4. The van der Waals surface area contributed by atoms with E-state index < -0.39 is 5.82 Å². The van der Waals surface area contributed by atoms with Crippen LogP contribution in [0.25, 0.3) is 6.08 Å². The Bertz CT molecular complexity index is 955. The maximum atomic E-state index is 13.2. The zero-order valence-electron chi connectivity index (χ0n) is 15.0. The van der Waals surface area contributed by atoms with Gasteiger partial charge in [-0.1, -0.05) is 29.8 Å². The van der Waals surface area contributed by atoms with Gasteiger partial charge in [-0.25, -0.2) is 4.39 Å². The molecule has 4 rings (SSSR count). The lowest BCUT2D eigenvalue weighted by Gasteiger charge is -2.17. The number of benzene rings is 2. The first kappa shape index (κ1) is 19.0. The van der Waals surface area contributed by atoms with Crippen LogP contribution in [0.2, 0.25) is 5.02 Å². The molecule has 0 aliphatic carbocycles. The summed E-state index contributed by atoms with van der Waals surface area (Å²) < 4.78 is 13.2. The van der Waals surface area contributed by atoms with Crippen LogP contribution in [0.15, 0.2) is 47.4 Å². The van der Waals surface area contributed by atoms with Gasteiger partial charge in [-0.05, 0) is 66.1 Å². The van der Waals surface area contributed by atoms with Crippen LogP contribution in [0.4, 0.5) is 14.9 Å². The van der Waals surface area contributed by atoms with Gasteiger partial charge in [-0.2, -0.15) is 0 Å². The van der Waals surface area contributed by atoms with Crippen molar-refractivity contribution in [3.05, 3.63) is 69.3 Å². The number of hydrogen-bond donors (Lipinski definition) is 0. The molecule has 2 aliphatic rings. The van der Waals surface area contributed by atoms with Gasteiger partial charge in [0.1, 0.15) is 5.82 Å². The van der Waals surface area contributed by atoms with Crippen LogP contribution in [-0.2, 0) is 11.3 Å². The molecule has 4 nitrogen and oxygen atoms in total. The maximum absolute atomic E-state index is 13.2. The number of amides is 2. The first-order valence-electron chi connectivity index (χ1n) is 9.05. The van der Waals surface area contributed by atoms with Crippen LogP contribution >= 0.6 is 23.4 Å². The summed E-state index contributed by atoms with van der Waals surface area (Å²) in [6.45, 7) is 2.17. The standard InChI is InChI=1S/C21H18ClFN2O2S/c22-18-12-16(23)6-5-15(18)13-25-20(26)19(28-21(25)27)11-14-3-7-17(8-4-14)24-9-1-2-10-24/h3-8,11-12H,1-2,9-10,13H2/b19-11-. The minimum absolute atomic E-state index is 0.0228. The third-order valence-corrected chi connectivity index (χ3v) is 6.14. The fourth-order valence-corrected chi connectivity index (χ4v) is 4.43. The molecule has 0 atom stereocenters. The van der Waals surface area contributed by atoms with E-state index >= 15 is 0 Å². The fourth-order valence-electron chi connectivity index (χ4n) is 3.36. The minimum atomic E-state index is -0.458. The van der Waals surface area contributed by atoms with Gasteiger partial charge < -0.3 is 4.90 Å². The molecular weight excluding hydrogens is 399 g/mol. The molecule has 0 aromatic heterocycles. The molecule has 0 saturated carbocycles. The Morgan fingerprint density at radius 2 is 1.79 bits per heavy atom. The van der Waals surface area contributed by atoms with Crippen LogP contribution in [-0.4, -0.2) is 29.1 Å². The predicted molar refractivity (Wildman–Crippen MR) is 111 cm³/mol. The lowest BCUT2D eigenvalue weighted by molar-refractivity contribution is -0.123. The zero-order chi connectivity index (χ0) is 19.7. The molecule has 7 heteroatoms. The summed E-state index contributed by atoms with van der Waals surface area (Å²) in [5.41, 5.74) is 2.57. The highest BCUT2D eigenvalue weighted by molar-refractivity contribution is 8.18. The number of carbonyl (C=O) groups excluding carboxylic acids is 2. The predicted octanol–water partition coefficient (Wildman–Crippen LogP) is 5.32. The topological polar surface area (TPSA) is 40.6 Å². The third-order valence-electron chi connectivity index (χ3n) is 4.88. The van der Waals surface area contributed by atoms with Gasteiger partial charge >= 0.3 is 0 Å². The van der Waals surface area contributed by atoms with E-state index in [1.54, 1.807) is 6.08 Å². The number of anilines is 1. The molecule has 2 aliphatic heterocycles. The molecular formula is C21H18ClFN2O2S. The Hall–Kier alpha value is -2.31. The molecule has 2 heterocycles. The van der Waals surface area contributed by atoms with Crippen LogP contribution in [0.5, 0.6) is 0 Å². The lowest BCUT2D eigenvalue weighted by atomic mass is 10.1. The summed E-state index contributed by atoms with van der Waals surface area (Å²) >= 11 is 6.93. The van der Waals surface area contributed by atoms with Gasteiger partial charge in [0.25, 0.3) is 11.1 Å². The summed E-state index contributed by atoms with van der Waals surface area (Å²) in [7, 11) is 0. The smallest absolute Gasteiger partial charge is 0.293 e. The number of rotatable bonds is 4. The maximum Gasteiger partial charge on any atom is 0.293 e. The number of imide groups is 1. The number of halogens is 2. The van der Waals surface area contributed by atoms with Crippen molar-refractivity contribution in [1.82, 2.24) is 4.90 Å². The third kappa shape index (κ3) is 3.93. The Kier molecular flexibility index (Phi) is 5.42. The largest absolute Gasteiger partial charge is 0.372 e. The van der Waals surface area contributed by atoms with Gasteiger partial charge in [-0.3, -0.25) is 14.5 Å². The van der Waals surface area contributed by atoms with E-state index in [1.807, 2.05) is 24.3 Å². The first-order chi connectivity index (χ1) is 13.5. The Morgan fingerprint density at radius 3 is 2.46 bits per heavy atom. The average molecular weight is 417 g/mol. The molecule has 0 spiro atoms. The van der Waals surface area contributed by atoms with Crippen LogP contribution < -0.4 is 4.90 Å². The molecule has 2 fully saturated rings. The highest BCUT2D eigenvalue weighted by atomic mass is 35.5. The van der Waals surface area contributed by atoms with Crippen molar-refractivity contribution >= 4 is 46.3 Å². The van der Waals surface area contributed by atoms with E-state index in [0.717, 1.165) is 35.3 Å². The lowest BCUT2D eigenvalue weighted by Crippen LogP contribution is -2.27. The highest BCUT2D eigenvalue weighted by Crippen LogP contribution is 2.34. The molecule has 144 valence electrons. The second-order valence-corrected chi connectivity index (χ2v) is 8.19. The monoisotopic (exact) mass is 416 g/mol. The number of nitrogens with zero attached hydrogens (tertiary/aromatic N) is 2. The molecule has 2 saturated heterocycles. The summed E-state index contributed by atoms with van der Waals surface area (Å²) in [5.74, 6) is -0.820. The van der Waals surface area contributed by atoms with Crippen molar-refractivity contribution in [3.8, 4) is 0 Å². The fraction of sp³-hybridized carbons (Fsp3) is 0.238. The molecule has 28 heavy (non-hydrogen) atoms. The van der Waals surface area contributed by atoms with Crippen LogP contribution in [0, 0.1) is 5.82 Å². The zero-order valence-corrected chi connectivity index (χ0v) is 16.6. The van der Waals surface area contributed by atoms with Gasteiger partial charge in [0.15, 0.2) is 0 Å². The van der Waals surface area contributed by atoms with Crippen LogP contribution in [0.1, 0.15) is 24.0 Å². The van der Waals surface area contributed by atoms with Crippen LogP contribution in [0.3, 0.4) is 0 Å². The van der Waals surface area contributed by atoms with Crippen molar-refractivity contribution in [3.63, 3.8) is 0 Å². The van der Waals surface area contributed by atoms with E-state index in [-0.39, 0.29) is 22.7 Å². The Morgan fingerprint density at radius 1 is 1.07 bits per heavy atom. The van der Waals surface area contributed by atoms with E-state index in [4.69, 9.17) is 11.6 Å². The van der Waals surface area contributed by atoms with Gasteiger partial charge in [0, 0.05) is 23.8 Å². The van der Waals surface area contributed by atoms with Gasteiger partial charge in [0.2, 0.25) is 0 Å². The molecule has 2 amide bonds. The molecule has 2 aromatic carbocycles. The summed E-state index contributed by atoms with van der Waals surface area (Å²) in [6, 6.07) is 11.9. The Balaban J connectivity index is 1.50. The summed E-state index contributed by atoms with van der Waals surface area (Å²) in [6.07, 6.45) is 4.16.